The maximum Gasteiger partial charge on any atom is 0.261 e. The highest BCUT2D eigenvalue weighted by molar-refractivity contribution is 5.92. The summed E-state index contributed by atoms with van der Waals surface area (Å²) in [5, 5.41) is 3.65. The maximum absolute atomic E-state index is 12.7. The standard InChI is InChI=1S/C23H25N3O3/c1-29-19-6-4-5-18(13-19)25-22(27)17-11-9-16(10-12-17)14-26-15-24-21-8-3-2-7-20(21)23(26)28/h2-8,13,15-17H,9-12,14H2,1H3,(H,25,27). The van der Waals surface area contributed by atoms with E-state index in [1.165, 1.54) is 0 Å². The molecule has 0 spiro atoms. The van der Waals surface area contributed by atoms with Gasteiger partial charge in [-0.3, -0.25) is 14.2 Å². The van der Waals surface area contributed by atoms with E-state index in [0.29, 0.717) is 17.8 Å². The summed E-state index contributed by atoms with van der Waals surface area (Å²) >= 11 is 0. The highest BCUT2D eigenvalue weighted by Crippen LogP contribution is 2.31. The molecule has 1 amide bonds. The molecule has 1 aromatic heterocycles. The van der Waals surface area contributed by atoms with E-state index in [-0.39, 0.29) is 17.4 Å². The third-order valence-corrected chi connectivity index (χ3v) is 5.74. The Balaban J connectivity index is 1.35. The highest BCUT2D eigenvalue weighted by atomic mass is 16.5. The lowest BCUT2D eigenvalue weighted by molar-refractivity contribution is -0.121. The molecule has 6 heteroatoms. The van der Waals surface area contributed by atoms with Gasteiger partial charge in [0.1, 0.15) is 5.75 Å². The average molecular weight is 391 g/mol. The van der Waals surface area contributed by atoms with Gasteiger partial charge in [-0.25, -0.2) is 4.98 Å². The van der Waals surface area contributed by atoms with E-state index < -0.39 is 0 Å². The number of anilines is 1. The minimum absolute atomic E-state index is 0.00361. The number of hydrogen-bond donors (Lipinski definition) is 1. The van der Waals surface area contributed by atoms with Gasteiger partial charge in [0.2, 0.25) is 5.91 Å². The van der Waals surface area contributed by atoms with E-state index >= 15 is 0 Å². The lowest BCUT2D eigenvalue weighted by Crippen LogP contribution is -2.30. The number of carbonyl (C=O) groups is 1. The number of rotatable bonds is 5. The topological polar surface area (TPSA) is 73.2 Å². The predicted octanol–water partition coefficient (Wildman–Crippen LogP) is 3.85. The number of aromatic nitrogens is 2. The van der Waals surface area contributed by atoms with E-state index in [0.717, 1.165) is 42.6 Å². The number of nitrogens with zero attached hydrogens (tertiary/aromatic N) is 2. The van der Waals surface area contributed by atoms with Crippen LogP contribution in [0.4, 0.5) is 5.69 Å². The van der Waals surface area contributed by atoms with Gasteiger partial charge in [0, 0.05) is 24.2 Å². The first-order valence-electron chi connectivity index (χ1n) is 10.0. The molecule has 0 unspecified atom stereocenters. The van der Waals surface area contributed by atoms with Crippen molar-refractivity contribution >= 4 is 22.5 Å². The molecular formula is C23H25N3O3. The summed E-state index contributed by atoms with van der Waals surface area (Å²) in [6.07, 6.45) is 5.16. The first kappa shape index (κ1) is 19.2. The summed E-state index contributed by atoms with van der Waals surface area (Å²) in [5.74, 6) is 1.17. The van der Waals surface area contributed by atoms with E-state index in [2.05, 4.69) is 10.3 Å². The maximum atomic E-state index is 12.7. The number of fused-ring (bicyclic) bond motifs is 1. The van der Waals surface area contributed by atoms with Crippen LogP contribution >= 0.6 is 0 Å². The zero-order valence-electron chi connectivity index (χ0n) is 16.5. The first-order chi connectivity index (χ1) is 14.1. The molecule has 4 rings (SSSR count). The van der Waals surface area contributed by atoms with Crippen molar-refractivity contribution in [1.82, 2.24) is 9.55 Å². The molecule has 0 aliphatic heterocycles. The molecule has 1 N–H and O–H groups in total. The normalized spacial score (nSPS) is 19.1. The summed E-state index contributed by atoms with van der Waals surface area (Å²) < 4.78 is 6.92. The van der Waals surface area contributed by atoms with Crippen molar-refractivity contribution in [3.8, 4) is 5.75 Å². The van der Waals surface area contributed by atoms with Crippen LogP contribution in [0, 0.1) is 11.8 Å². The second kappa shape index (κ2) is 8.47. The molecule has 1 saturated carbocycles. The third kappa shape index (κ3) is 4.31. The van der Waals surface area contributed by atoms with Crippen LogP contribution in [-0.2, 0) is 11.3 Å². The molecule has 6 nitrogen and oxygen atoms in total. The fourth-order valence-electron chi connectivity index (χ4n) is 4.07. The van der Waals surface area contributed by atoms with E-state index in [4.69, 9.17) is 4.74 Å². The van der Waals surface area contributed by atoms with Crippen molar-refractivity contribution in [2.24, 2.45) is 11.8 Å². The van der Waals surface area contributed by atoms with Gasteiger partial charge in [-0.2, -0.15) is 0 Å². The van der Waals surface area contributed by atoms with Gasteiger partial charge in [0.05, 0.1) is 24.3 Å². The zero-order valence-corrected chi connectivity index (χ0v) is 16.5. The molecule has 0 atom stereocenters. The van der Waals surface area contributed by atoms with Crippen LogP contribution in [0.1, 0.15) is 25.7 Å². The number of para-hydroxylation sites is 1. The molecule has 150 valence electrons. The first-order valence-corrected chi connectivity index (χ1v) is 10.0. The molecule has 1 aliphatic rings. The second-order valence-corrected chi connectivity index (χ2v) is 7.66. The minimum atomic E-state index is 0.00361. The Labute approximate surface area is 169 Å². The lowest BCUT2D eigenvalue weighted by Gasteiger charge is -2.28. The van der Waals surface area contributed by atoms with Gasteiger partial charge < -0.3 is 10.1 Å². The fourth-order valence-corrected chi connectivity index (χ4v) is 4.07. The molecule has 0 radical (unpaired) electrons. The van der Waals surface area contributed by atoms with Crippen LogP contribution in [0.25, 0.3) is 10.9 Å². The van der Waals surface area contributed by atoms with Crippen molar-refractivity contribution in [3.63, 3.8) is 0 Å². The molecule has 29 heavy (non-hydrogen) atoms. The van der Waals surface area contributed by atoms with Crippen molar-refractivity contribution in [2.45, 2.75) is 32.2 Å². The third-order valence-electron chi connectivity index (χ3n) is 5.74. The van der Waals surface area contributed by atoms with Crippen LogP contribution in [0.2, 0.25) is 0 Å². The Hall–Kier alpha value is -3.15. The number of amides is 1. The molecule has 1 fully saturated rings. The van der Waals surface area contributed by atoms with E-state index in [1.807, 2.05) is 48.5 Å². The zero-order chi connectivity index (χ0) is 20.2. The number of ether oxygens (including phenoxy) is 1. The Morgan fingerprint density at radius 3 is 2.72 bits per heavy atom. The number of carbonyl (C=O) groups excluding carboxylic acids is 1. The molecule has 2 aromatic carbocycles. The molecule has 1 aliphatic carbocycles. The van der Waals surface area contributed by atoms with Gasteiger partial charge in [-0.15, -0.1) is 0 Å². The van der Waals surface area contributed by atoms with Crippen LogP contribution in [0.5, 0.6) is 5.75 Å². The molecule has 0 bridgehead atoms. The summed E-state index contributed by atoms with van der Waals surface area (Å²) in [4.78, 5) is 29.7. The fraction of sp³-hybridized carbons (Fsp3) is 0.348. The summed E-state index contributed by atoms with van der Waals surface area (Å²) in [6.45, 7) is 0.654. The molecular weight excluding hydrogens is 366 g/mol. The van der Waals surface area contributed by atoms with Crippen molar-refractivity contribution in [3.05, 3.63) is 65.2 Å². The summed E-state index contributed by atoms with van der Waals surface area (Å²) in [6, 6.07) is 14.8. The number of hydrogen-bond acceptors (Lipinski definition) is 4. The Morgan fingerprint density at radius 2 is 1.93 bits per heavy atom. The Morgan fingerprint density at radius 1 is 1.14 bits per heavy atom. The van der Waals surface area contributed by atoms with Gasteiger partial charge in [0.15, 0.2) is 0 Å². The van der Waals surface area contributed by atoms with Crippen LogP contribution < -0.4 is 15.6 Å². The van der Waals surface area contributed by atoms with E-state index in [1.54, 1.807) is 18.0 Å². The van der Waals surface area contributed by atoms with Gasteiger partial charge in [0.25, 0.3) is 5.56 Å². The van der Waals surface area contributed by atoms with Gasteiger partial charge in [-0.1, -0.05) is 18.2 Å². The average Bonchev–Trinajstić information content (AvgIpc) is 2.76. The van der Waals surface area contributed by atoms with Crippen molar-refractivity contribution < 1.29 is 9.53 Å². The highest BCUT2D eigenvalue weighted by Gasteiger charge is 2.27. The predicted molar refractivity (Wildman–Crippen MR) is 113 cm³/mol. The summed E-state index contributed by atoms with van der Waals surface area (Å²) in [7, 11) is 1.61. The van der Waals surface area contributed by atoms with E-state index in [9.17, 15) is 9.59 Å². The minimum Gasteiger partial charge on any atom is -0.497 e. The lowest BCUT2D eigenvalue weighted by atomic mass is 9.81. The molecule has 0 saturated heterocycles. The summed E-state index contributed by atoms with van der Waals surface area (Å²) in [5.41, 5.74) is 1.49. The second-order valence-electron chi connectivity index (χ2n) is 7.66. The largest absolute Gasteiger partial charge is 0.497 e. The smallest absolute Gasteiger partial charge is 0.261 e. The van der Waals surface area contributed by atoms with Crippen LogP contribution in [-0.4, -0.2) is 22.6 Å². The SMILES string of the molecule is COc1cccc(NC(=O)C2CCC(Cn3cnc4ccccc4c3=O)CC2)c1. The van der Waals surface area contributed by atoms with Gasteiger partial charge >= 0.3 is 0 Å². The number of benzene rings is 2. The van der Waals surface area contributed by atoms with Crippen LogP contribution in [0.15, 0.2) is 59.7 Å². The van der Waals surface area contributed by atoms with Crippen LogP contribution in [0.3, 0.4) is 0 Å². The van der Waals surface area contributed by atoms with Gasteiger partial charge in [-0.05, 0) is 55.9 Å². The monoisotopic (exact) mass is 391 g/mol. The number of nitrogens with one attached hydrogen (secondary N) is 1. The van der Waals surface area contributed by atoms with Crippen molar-refractivity contribution in [2.75, 3.05) is 12.4 Å². The number of methoxy groups -OCH3 is 1. The quantitative estimate of drug-likeness (QED) is 0.717. The Kier molecular flexibility index (Phi) is 5.60. The van der Waals surface area contributed by atoms with Crippen molar-refractivity contribution in [1.29, 1.82) is 0 Å². The molecule has 1 heterocycles. The Bertz CT molecular complexity index is 1070. The molecule has 3 aromatic rings.